The Morgan fingerprint density at radius 3 is 2.15 bits per heavy atom. The molecule has 0 aliphatic rings. The van der Waals surface area contributed by atoms with Crippen LogP contribution < -0.4 is 9.62 Å². The van der Waals surface area contributed by atoms with E-state index in [-0.39, 0.29) is 17.3 Å². The Labute approximate surface area is 239 Å². The molecule has 3 rings (SSSR count). The van der Waals surface area contributed by atoms with Crippen molar-refractivity contribution in [3.8, 4) is 0 Å². The molecule has 0 aliphatic carbocycles. The molecule has 40 heavy (non-hydrogen) atoms. The molecule has 0 aromatic heterocycles. The highest BCUT2D eigenvalue weighted by atomic mass is 32.2. The van der Waals surface area contributed by atoms with Crippen LogP contribution in [0.4, 0.5) is 5.69 Å². The van der Waals surface area contributed by atoms with Gasteiger partial charge in [0.2, 0.25) is 11.8 Å². The van der Waals surface area contributed by atoms with Gasteiger partial charge in [-0.25, -0.2) is 8.42 Å². The third-order valence-electron chi connectivity index (χ3n) is 7.08. The van der Waals surface area contributed by atoms with E-state index in [0.29, 0.717) is 18.7 Å². The van der Waals surface area contributed by atoms with E-state index in [0.717, 1.165) is 39.4 Å². The van der Waals surface area contributed by atoms with E-state index in [4.69, 9.17) is 0 Å². The minimum atomic E-state index is -4.09. The number of carbonyl (C=O) groups excluding carboxylic acids is 2. The molecule has 1 atom stereocenters. The maximum atomic E-state index is 14.1. The van der Waals surface area contributed by atoms with Crippen LogP contribution >= 0.6 is 0 Å². The fraction of sp³-hybridized carbons (Fsp3) is 0.375. The summed E-state index contributed by atoms with van der Waals surface area (Å²) >= 11 is 0. The van der Waals surface area contributed by atoms with Crippen molar-refractivity contribution in [3.05, 3.63) is 95.1 Å². The first kappa shape index (κ1) is 30.9. The normalized spacial score (nSPS) is 12.0. The number of nitrogens with zero attached hydrogens (tertiary/aromatic N) is 2. The van der Waals surface area contributed by atoms with Crippen LogP contribution in [0.25, 0.3) is 0 Å². The average Bonchev–Trinajstić information content (AvgIpc) is 2.94. The molecular formula is C32H41N3O4S. The Hall–Kier alpha value is -3.65. The van der Waals surface area contributed by atoms with E-state index in [2.05, 4.69) is 5.32 Å². The van der Waals surface area contributed by atoms with E-state index in [1.54, 1.807) is 36.4 Å². The fourth-order valence-electron chi connectivity index (χ4n) is 4.45. The first-order valence-electron chi connectivity index (χ1n) is 13.9. The van der Waals surface area contributed by atoms with Crippen LogP contribution in [0.1, 0.15) is 55.4 Å². The van der Waals surface area contributed by atoms with Crippen LogP contribution in [0.3, 0.4) is 0 Å². The predicted molar refractivity (Wildman–Crippen MR) is 161 cm³/mol. The Morgan fingerprint density at radius 2 is 1.55 bits per heavy atom. The van der Waals surface area contributed by atoms with Crippen LogP contribution in [-0.4, -0.2) is 44.3 Å². The SMILES string of the molecule is CCCCNC(=O)C(CC)N(Cc1ccccc1)C(=O)CN(c1ccc(C)c(C)c1)S(=O)(=O)c1ccc(C)cc1. The lowest BCUT2D eigenvalue weighted by molar-refractivity contribution is -0.140. The summed E-state index contributed by atoms with van der Waals surface area (Å²) < 4.78 is 29.1. The van der Waals surface area contributed by atoms with Gasteiger partial charge in [-0.05, 0) is 74.6 Å². The summed E-state index contributed by atoms with van der Waals surface area (Å²) in [6.07, 6.45) is 2.17. The Kier molecular flexibility index (Phi) is 10.9. The van der Waals surface area contributed by atoms with Crippen molar-refractivity contribution < 1.29 is 18.0 Å². The maximum absolute atomic E-state index is 14.1. The van der Waals surface area contributed by atoms with E-state index in [1.807, 2.05) is 71.0 Å². The Bertz CT molecular complexity index is 1390. The number of aryl methyl sites for hydroxylation is 3. The number of nitrogens with one attached hydrogen (secondary N) is 1. The second kappa shape index (κ2) is 14.1. The lowest BCUT2D eigenvalue weighted by Gasteiger charge is -2.33. The van der Waals surface area contributed by atoms with Crippen molar-refractivity contribution >= 4 is 27.5 Å². The van der Waals surface area contributed by atoms with Crippen LogP contribution in [0.15, 0.2) is 77.7 Å². The summed E-state index contributed by atoms with van der Waals surface area (Å²) in [5, 5.41) is 2.95. The number of hydrogen-bond donors (Lipinski definition) is 1. The van der Waals surface area contributed by atoms with Gasteiger partial charge in [-0.15, -0.1) is 0 Å². The fourth-order valence-corrected chi connectivity index (χ4v) is 5.86. The summed E-state index contributed by atoms with van der Waals surface area (Å²) in [6, 6.07) is 20.6. The van der Waals surface area contributed by atoms with Crippen molar-refractivity contribution in [2.75, 3.05) is 17.4 Å². The van der Waals surface area contributed by atoms with Gasteiger partial charge in [-0.2, -0.15) is 0 Å². The highest BCUT2D eigenvalue weighted by molar-refractivity contribution is 7.92. The van der Waals surface area contributed by atoms with Gasteiger partial charge in [0, 0.05) is 13.1 Å². The van der Waals surface area contributed by atoms with Crippen molar-refractivity contribution in [3.63, 3.8) is 0 Å². The quantitative estimate of drug-likeness (QED) is 0.277. The van der Waals surface area contributed by atoms with Gasteiger partial charge in [-0.1, -0.05) is 74.4 Å². The third kappa shape index (κ3) is 7.72. The highest BCUT2D eigenvalue weighted by Crippen LogP contribution is 2.27. The first-order chi connectivity index (χ1) is 19.1. The van der Waals surface area contributed by atoms with Crippen LogP contribution in [0.5, 0.6) is 0 Å². The molecule has 0 saturated carbocycles. The van der Waals surface area contributed by atoms with Crippen LogP contribution in [-0.2, 0) is 26.2 Å². The molecule has 0 saturated heterocycles. The summed E-state index contributed by atoms with van der Waals surface area (Å²) in [7, 11) is -4.09. The molecule has 0 aliphatic heterocycles. The van der Waals surface area contributed by atoms with E-state index >= 15 is 0 Å². The van der Waals surface area contributed by atoms with Gasteiger partial charge >= 0.3 is 0 Å². The number of amides is 2. The number of hydrogen-bond acceptors (Lipinski definition) is 4. The van der Waals surface area contributed by atoms with Crippen molar-refractivity contribution in [1.82, 2.24) is 10.2 Å². The van der Waals surface area contributed by atoms with E-state index in [1.165, 1.54) is 4.90 Å². The molecule has 3 aromatic carbocycles. The summed E-state index contributed by atoms with van der Waals surface area (Å²) in [6.45, 7) is 9.92. The van der Waals surface area contributed by atoms with Crippen molar-refractivity contribution in [1.29, 1.82) is 0 Å². The lowest BCUT2D eigenvalue weighted by Crippen LogP contribution is -2.52. The molecule has 0 heterocycles. The van der Waals surface area contributed by atoms with Crippen molar-refractivity contribution in [2.24, 2.45) is 0 Å². The molecule has 214 valence electrons. The van der Waals surface area contributed by atoms with Crippen LogP contribution in [0.2, 0.25) is 0 Å². The second-order valence-corrected chi connectivity index (χ2v) is 12.0. The van der Waals surface area contributed by atoms with Gasteiger partial charge in [0.15, 0.2) is 0 Å². The molecule has 1 N–H and O–H groups in total. The lowest BCUT2D eigenvalue weighted by atomic mass is 10.1. The summed E-state index contributed by atoms with van der Waals surface area (Å²) in [5.74, 6) is -0.686. The molecule has 0 fully saturated rings. The first-order valence-corrected chi connectivity index (χ1v) is 15.3. The molecule has 3 aromatic rings. The van der Waals surface area contributed by atoms with Gasteiger partial charge in [-0.3, -0.25) is 13.9 Å². The zero-order valence-electron chi connectivity index (χ0n) is 24.2. The molecular weight excluding hydrogens is 522 g/mol. The van der Waals surface area contributed by atoms with Gasteiger partial charge in [0.1, 0.15) is 12.6 Å². The molecule has 0 radical (unpaired) electrons. The zero-order chi connectivity index (χ0) is 29.3. The summed E-state index contributed by atoms with van der Waals surface area (Å²) in [5.41, 5.74) is 4.12. The number of benzene rings is 3. The van der Waals surface area contributed by atoms with Crippen molar-refractivity contribution in [2.45, 2.75) is 71.4 Å². The summed E-state index contributed by atoms with van der Waals surface area (Å²) in [4.78, 5) is 28.9. The number of carbonyl (C=O) groups is 2. The minimum Gasteiger partial charge on any atom is -0.354 e. The zero-order valence-corrected chi connectivity index (χ0v) is 25.0. The van der Waals surface area contributed by atoms with Gasteiger partial charge < -0.3 is 10.2 Å². The minimum absolute atomic E-state index is 0.100. The molecule has 7 nitrogen and oxygen atoms in total. The molecule has 8 heteroatoms. The highest BCUT2D eigenvalue weighted by Gasteiger charge is 2.33. The van der Waals surface area contributed by atoms with E-state index in [9.17, 15) is 18.0 Å². The molecule has 0 spiro atoms. The largest absolute Gasteiger partial charge is 0.354 e. The van der Waals surface area contributed by atoms with Gasteiger partial charge in [0.05, 0.1) is 10.6 Å². The standard InChI is InChI=1S/C32H41N3O4S/c1-6-8-20-33-32(37)30(7-2)34(22-27-12-10-9-11-13-27)31(36)23-35(28-17-16-25(4)26(5)21-28)40(38,39)29-18-14-24(3)15-19-29/h9-19,21,30H,6-8,20,22-23H2,1-5H3,(H,33,37). The Balaban J connectivity index is 2.04. The van der Waals surface area contributed by atoms with Crippen LogP contribution in [0, 0.1) is 20.8 Å². The monoisotopic (exact) mass is 563 g/mol. The second-order valence-electron chi connectivity index (χ2n) is 10.2. The predicted octanol–water partition coefficient (Wildman–Crippen LogP) is 5.53. The maximum Gasteiger partial charge on any atom is 0.264 e. The number of unbranched alkanes of at least 4 members (excludes halogenated alkanes) is 1. The number of anilines is 1. The van der Waals surface area contributed by atoms with E-state index < -0.39 is 28.5 Å². The average molecular weight is 564 g/mol. The third-order valence-corrected chi connectivity index (χ3v) is 8.87. The molecule has 2 amide bonds. The van der Waals surface area contributed by atoms with Gasteiger partial charge in [0.25, 0.3) is 10.0 Å². The smallest absolute Gasteiger partial charge is 0.264 e. The molecule has 0 bridgehead atoms. The topological polar surface area (TPSA) is 86.8 Å². The number of sulfonamides is 1. The Morgan fingerprint density at radius 1 is 0.875 bits per heavy atom. The number of rotatable bonds is 13. The molecule has 1 unspecified atom stereocenters.